The quantitative estimate of drug-likeness (QED) is 0.777. The molecule has 0 aromatic rings. The molecule has 1 aliphatic carbocycles. The Morgan fingerprint density at radius 3 is 2.53 bits per heavy atom. The van der Waals surface area contributed by atoms with Crippen molar-refractivity contribution in [1.82, 2.24) is 4.90 Å². The molecule has 0 bridgehead atoms. The predicted octanol–water partition coefficient (Wildman–Crippen LogP) is 3.00. The number of aliphatic carboxylic acids is 1. The van der Waals surface area contributed by atoms with Gasteiger partial charge in [0.1, 0.15) is 0 Å². The van der Waals surface area contributed by atoms with E-state index in [4.69, 9.17) is 5.11 Å². The van der Waals surface area contributed by atoms with Gasteiger partial charge in [0.05, 0.1) is 6.42 Å². The highest BCUT2D eigenvalue weighted by Crippen LogP contribution is 2.28. The van der Waals surface area contributed by atoms with Crippen molar-refractivity contribution < 1.29 is 9.90 Å². The number of hydrogen-bond acceptors (Lipinski definition) is 2. The fourth-order valence-electron chi connectivity index (χ4n) is 2.94. The lowest BCUT2D eigenvalue weighted by Crippen LogP contribution is -2.44. The summed E-state index contributed by atoms with van der Waals surface area (Å²) in [5, 5.41) is 8.83. The summed E-state index contributed by atoms with van der Waals surface area (Å²) in [4.78, 5) is 13.1. The molecule has 0 spiro atoms. The smallest absolute Gasteiger partial charge is 0.304 e. The monoisotopic (exact) mass is 241 g/mol. The van der Waals surface area contributed by atoms with Crippen LogP contribution in [0.25, 0.3) is 0 Å². The molecule has 3 heteroatoms. The molecule has 1 N–H and O–H groups in total. The van der Waals surface area contributed by atoms with Gasteiger partial charge in [-0.2, -0.15) is 0 Å². The first-order chi connectivity index (χ1) is 8.00. The minimum Gasteiger partial charge on any atom is -0.481 e. The summed E-state index contributed by atoms with van der Waals surface area (Å²) in [6.45, 7) is 8.48. The van der Waals surface area contributed by atoms with E-state index in [1.165, 1.54) is 25.7 Å². The Hall–Kier alpha value is -0.570. The van der Waals surface area contributed by atoms with E-state index in [2.05, 4.69) is 25.7 Å². The van der Waals surface area contributed by atoms with E-state index >= 15 is 0 Å². The van der Waals surface area contributed by atoms with Crippen molar-refractivity contribution in [3.05, 3.63) is 0 Å². The highest BCUT2D eigenvalue weighted by Gasteiger charge is 2.27. The molecule has 1 rings (SSSR count). The number of carbonyl (C=O) groups is 1. The van der Waals surface area contributed by atoms with E-state index in [1.807, 2.05) is 0 Å². The molecule has 0 amide bonds. The van der Waals surface area contributed by atoms with Crippen molar-refractivity contribution in [2.24, 2.45) is 11.8 Å². The summed E-state index contributed by atoms with van der Waals surface area (Å²) in [5.74, 6) is 0.649. The second-order valence-electron chi connectivity index (χ2n) is 5.86. The van der Waals surface area contributed by atoms with Gasteiger partial charge in [0.2, 0.25) is 0 Å². The molecule has 0 saturated heterocycles. The van der Waals surface area contributed by atoms with E-state index < -0.39 is 5.97 Å². The van der Waals surface area contributed by atoms with Crippen LogP contribution in [0.3, 0.4) is 0 Å². The van der Waals surface area contributed by atoms with Gasteiger partial charge in [-0.25, -0.2) is 0 Å². The first-order valence-corrected chi connectivity index (χ1v) is 6.96. The van der Waals surface area contributed by atoms with Crippen LogP contribution in [0.5, 0.6) is 0 Å². The lowest BCUT2D eigenvalue weighted by Gasteiger charge is -2.39. The van der Waals surface area contributed by atoms with Gasteiger partial charge in [-0.1, -0.05) is 33.6 Å². The van der Waals surface area contributed by atoms with Crippen molar-refractivity contribution in [2.45, 2.75) is 58.9 Å². The fourth-order valence-corrected chi connectivity index (χ4v) is 2.94. The average Bonchev–Trinajstić information content (AvgIpc) is 2.24. The van der Waals surface area contributed by atoms with E-state index in [-0.39, 0.29) is 6.42 Å². The fraction of sp³-hybridized carbons (Fsp3) is 0.929. The standard InChI is InChI=1S/C14H27NO2/c1-11(2)10-15(9-8-14(16)17)13-7-5-4-6-12(13)3/h11-13H,4-10H2,1-3H3,(H,16,17). The molecule has 0 heterocycles. The zero-order valence-electron chi connectivity index (χ0n) is 11.5. The Morgan fingerprint density at radius 1 is 1.35 bits per heavy atom. The van der Waals surface area contributed by atoms with Crippen molar-refractivity contribution >= 4 is 5.97 Å². The van der Waals surface area contributed by atoms with E-state index in [9.17, 15) is 4.79 Å². The summed E-state index contributed by atoms with van der Waals surface area (Å²) in [6, 6.07) is 0.602. The number of carboxylic acids is 1. The number of rotatable bonds is 6. The largest absolute Gasteiger partial charge is 0.481 e. The summed E-state index contributed by atoms with van der Waals surface area (Å²) >= 11 is 0. The Balaban J connectivity index is 2.56. The van der Waals surface area contributed by atoms with E-state index in [0.717, 1.165) is 12.5 Å². The molecule has 3 nitrogen and oxygen atoms in total. The van der Waals surface area contributed by atoms with E-state index in [0.29, 0.717) is 18.5 Å². The van der Waals surface area contributed by atoms with Gasteiger partial charge in [-0.15, -0.1) is 0 Å². The molecule has 0 aromatic carbocycles. The Morgan fingerprint density at radius 2 is 2.00 bits per heavy atom. The summed E-state index contributed by atoms with van der Waals surface area (Å²) < 4.78 is 0. The molecule has 1 aliphatic rings. The summed E-state index contributed by atoms with van der Waals surface area (Å²) in [6.07, 6.45) is 5.46. The molecule has 2 unspecified atom stereocenters. The number of hydrogen-bond donors (Lipinski definition) is 1. The molecule has 2 atom stereocenters. The summed E-state index contributed by atoms with van der Waals surface area (Å²) in [7, 11) is 0. The van der Waals surface area contributed by atoms with Gasteiger partial charge in [0, 0.05) is 19.1 Å². The van der Waals surface area contributed by atoms with Crippen molar-refractivity contribution in [1.29, 1.82) is 0 Å². The van der Waals surface area contributed by atoms with Gasteiger partial charge in [0.15, 0.2) is 0 Å². The van der Waals surface area contributed by atoms with Crippen molar-refractivity contribution in [3.8, 4) is 0 Å². The third-order valence-electron chi connectivity index (χ3n) is 3.75. The SMILES string of the molecule is CC(C)CN(CCC(=O)O)C1CCCCC1C. The molecule has 0 radical (unpaired) electrons. The highest BCUT2D eigenvalue weighted by atomic mass is 16.4. The normalized spacial score (nSPS) is 25.5. The highest BCUT2D eigenvalue weighted by molar-refractivity contribution is 5.66. The second kappa shape index (κ2) is 7.00. The van der Waals surface area contributed by atoms with Crippen LogP contribution in [-0.2, 0) is 4.79 Å². The summed E-state index contributed by atoms with van der Waals surface area (Å²) in [5.41, 5.74) is 0. The van der Waals surface area contributed by atoms with Crippen LogP contribution < -0.4 is 0 Å². The van der Waals surface area contributed by atoms with Crippen LogP contribution in [-0.4, -0.2) is 35.1 Å². The zero-order chi connectivity index (χ0) is 12.8. The van der Waals surface area contributed by atoms with Gasteiger partial charge < -0.3 is 5.11 Å². The second-order valence-corrected chi connectivity index (χ2v) is 5.86. The first kappa shape index (κ1) is 14.5. The predicted molar refractivity (Wildman–Crippen MR) is 70.1 cm³/mol. The number of nitrogens with zero attached hydrogens (tertiary/aromatic N) is 1. The van der Waals surface area contributed by atoms with Crippen molar-refractivity contribution in [2.75, 3.05) is 13.1 Å². The van der Waals surface area contributed by atoms with Gasteiger partial charge in [-0.3, -0.25) is 9.69 Å². The Kier molecular flexibility index (Phi) is 5.96. The molecule has 17 heavy (non-hydrogen) atoms. The van der Waals surface area contributed by atoms with Gasteiger partial charge in [-0.05, 0) is 24.7 Å². The van der Waals surface area contributed by atoms with Gasteiger partial charge in [0.25, 0.3) is 0 Å². The lowest BCUT2D eigenvalue weighted by atomic mass is 9.84. The first-order valence-electron chi connectivity index (χ1n) is 6.96. The van der Waals surface area contributed by atoms with Crippen molar-refractivity contribution in [3.63, 3.8) is 0 Å². The third-order valence-corrected chi connectivity index (χ3v) is 3.75. The van der Waals surface area contributed by atoms with E-state index in [1.54, 1.807) is 0 Å². The molecule has 1 saturated carbocycles. The van der Waals surface area contributed by atoms with Crippen LogP contribution in [0.15, 0.2) is 0 Å². The molecule has 1 fully saturated rings. The third kappa shape index (κ3) is 5.07. The lowest BCUT2D eigenvalue weighted by molar-refractivity contribution is -0.137. The molecule has 100 valence electrons. The minimum absolute atomic E-state index is 0.274. The van der Waals surface area contributed by atoms with Gasteiger partial charge >= 0.3 is 5.97 Å². The Labute approximate surface area is 105 Å². The van der Waals surface area contributed by atoms with Crippen LogP contribution in [0.4, 0.5) is 0 Å². The Bertz CT molecular complexity index is 240. The average molecular weight is 241 g/mol. The van der Waals surface area contributed by atoms with Crippen LogP contribution in [0, 0.1) is 11.8 Å². The van der Waals surface area contributed by atoms with Crippen LogP contribution >= 0.6 is 0 Å². The topological polar surface area (TPSA) is 40.5 Å². The maximum atomic E-state index is 10.7. The molecule has 0 aromatic heterocycles. The number of carboxylic acid groups (broad SMARTS) is 1. The zero-order valence-corrected chi connectivity index (χ0v) is 11.5. The molecular formula is C14H27NO2. The van der Waals surface area contributed by atoms with Crippen LogP contribution in [0.2, 0.25) is 0 Å². The minimum atomic E-state index is -0.679. The maximum Gasteiger partial charge on any atom is 0.304 e. The molecular weight excluding hydrogens is 214 g/mol. The maximum absolute atomic E-state index is 10.7. The molecule has 0 aliphatic heterocycles. The van der Waals surface area contributed by atoms with Crippen LogP contribution in [0.1, 0.15) is 52.9 Å².